The van der Waals surface area contributed by atoms with Gasteiger partial charge in [-0.3, -0.25) is 19.9 Å². The van der Waals surface area contributed by atoms with E-state index in [1.165, 1.54) is 12.8 Å². The Hall–Kier alpha value is -2.31. The van der Waals surface area contributed by atoms with Crippen molar-refractivity contribution in [3.8, 4) is 0 Å². The Bertz CT molecular complexity index is 1020. The molecule has 3 fully saturated rings. The maximum atomic E-state index is 12.3. The van der Waals surface area contributed by atoms with E-state index in [0.29, 0.717) is 12.8 Å². The fourth-order valence-corrected chi connectivity index (χ4v) is 5.40. The number of pyridine rings is 1. The van der Waals surface area contributed by atoms with Crippen molar-refractivity contribution in [2.24, 2.45) is 11.8 Å². The van der Waals surface area contributed by atoms with Gasteiger partial charge in [-0.1, -0.05) is 25.8 Å². The highest BCUT2D eigenvalue weighted by Crippen LogP contribution is 2.46. The molecule has 0 bridgehead atoms. The maximum Gasteiger partial charge on any atom is 0.234 e. The lowest BCUT2D eigenvalue weighted by Gasteiger charge is -2.45. The Labute approximate surface area is 183 Å². The largest absolute Gasteiger partial charge is 0.385 e. The third-order valence-electron chi connectivity index (χ3n) is 7.57. The zero-order chi connectivity index (χ0) is 21.6. The summed E-state index contributed by atoms with van der Waals surface area (Å²) in [6, 6.07) is 8.09. The number of nitrogens with one attached hydrogen (secondary N) is 1. The standard InChI is InChI=1S/C25H31N3O3/c1-2-28-10-9-25(31,20(15-28)11-16-3-4-16)19-5-7-22-17(13-19)12-18(14-26-22)21-6-8-23(29)27-24(21)30/h5,7,12-14,16,20-21,31H,2-4,6,8-11,15H2,1H3,(H,27,29,30). The van der Waals surface area contributed by atoms with Crippen molar-refractivity contribution in [3.63, 3.8) is 0 Å². The first kappa shape index (κ1) is 20.6. The van der Waals surface area contributed by atoms with Crippen molar-refractivity contribution in [3.05, 3.63) is 41.6 Å². The molecule has 3 aliphatic rings. The first-order chi connectivity index (χ1) is 15.0. The van der Waals surface area contributed by atoms with E-state index < -0.39 is 5.60 Å². The number of rotatable bonds is 5. The van der Waals surface area contributed by atoms with Gasteiger partial charge in [-0.15, -0.1) is 0 Å². The van der Waals surface area contributed by atoms with Crippen LogP contribution in [0.1, 0.15) is 62.5 Å². The van der Waals surface area contributed by atoms with E-state index in [1.807, 2.05) is 18.2 Å². The van der Waals surface area contributed by atoms with Crippen LogP contribution in [-0.4, -0.2) is 46.4 Å². The topological polar surface area (TPSA) is 82.5 Å². The summed E-state index contributed by atoms with van der Waals surface area (Å²) in [6.45, 7) is 5.06. The molecule has 0 radical (unpaired) electrons. The molecule has 5 rings (SSSR count). The highest BCUT2D eigenvalue weighted by atomic mass is 16.3. The van der Waals surface area contributed by atoms with Crippen LogP contribution in [0.5, 0.6) is 0 Å². The first-order valence-electron chi connectivity index (χ1n) is 11.6. The van der Waals surface area contributed by atoms with Gasteiger partial charge in [0.25, 0.3) is 0 Å². The first-order valence-corrected chi connectivity index (χ1v) is 11.6. The molecule has 3 heterocycles. The van der Waals surface area contributed by atoms with Gasteiger partial charge in [0.05, 0.1) is 17.0 Å². The number of piperidine rings is 2. The van der Waals surface area contributed by atoms with Gasteiger partial charge in [-0.25, -0.2) is 0 Å². The highest BCUT2D eigenvalue weighted by Gasteiger charge is 2.44. The Balaban J connectivity index is 1.47. The third kappa shape index (κ3) is 3.99. The molecule has 3 unspecified atom stereocenters. The van der Waals surface area contributed by atoms with Crippen LogP contribution in [0.2, 0.25) is 0 Å². The summed E-state index contributed by atoms with van der Waals surface area (Å²) in [5, 5.41) is 15.3. The molecule has 1 aromatic carbocycles. The van der Waals surface area contributed by atoms with Gasteiger partial charge in [-0.2, -0.15) is 0 Å². The fourth-order valence-electron chi connectivity index (χ4n) is 5.40. The minimum absolute atomic E-state index is 0.209. The number of likely N-dealkylation sites (tertiary alicyclic amines) is 1. The molecule has 6 nitrogen and oxygen atoms in total. The van der Waals surface area contributed by atoms with Crippen LogP contribution >= 0.6 is 0 Å². The number of carbonyl (C=O) groups excluding carboxylic acids is 2. The van der Waals surface area contributed by atoms with Crippen LogP contribution in [0.4, 0.5) is 0 Å². The second-order valence-electron chi connectivity index (χ2n) is 9.62. The Morgan fingerprint density at radius 2 is 2.06 bits per heavy atom. The van der Waals surface area contributed by atoms with E-state index in [0.717, 1.165) is 60.4 Å². The van der Waals surface area contributed by atoms with Crippen molar-refractivity contribution < 1.29 is 14.7 Å². The molecule has 164 valence electrons. The van der Waals surface area contributed by atoms with Crippen LogP contribution < -0.4 is 5.32 Å². The molecule has 31 heavy (non-hydrogen) atoms. The molecule has 1 aromatic heterocycles. The van der Waals surface area contributed by atoms with Gasteiger partial charge in [0.2, 0.25) is 11.8 Å². The number of aromatic nitrogens is 1. The van der Waals surface area contributed by atoms with Crippen molar-refractivity contribution in [2.45, 2.75) is 57.0 Å². The molecule has 2 N–H and O–H groups in total. The smallest absolute Gasteiger partial charge is 0.234 e. The summed E-state index contributed by atoms with van der Waals surface area (Å²) in [4.78, 5) is 30.8. The number of imide groups is 1. The fraction of sp³-hybridized carbons (Fsp3) is 0.560. The number of aliphatic hydroxyl groups is 1. The van der Waals surface area contributed by atoms with Gasteiger partial charge in [0.1, 0.15) is 0 Å². The SMILES string of the molecule is CCN1CCC(O)(c2ccc3ncc(C4CCC(=O)NC4=O)cc3c2)C(CC2CC2)C1. The summed E-state index contributed by atoms with van der Waals surface area (Å²) in [5.74, 6) is 0.187. The molecule has 6 heteroatoms. The lowest BCUT2D eigenvalue weighted by Crippen LogP contribution is -2.50. The number of amides is 2. The number of fused-ring (bicyclic) bond motifs is 1. The van der Waals surface area contributed by atoms with Crippen molar-refractivity contribution in [2.75, 3.05) is 19.6 Å². The average molecular weight is 422 g/mol. The van der Waals surface area contributed by atoms with Crippen LogP contribution in [0, 0.1) is 11.8 Å². The monoisotopic (exact) mass is 421 g/mol. The van der Waals surface area contributed by atoms with Gasteiger partial charge in [0, 0.05) is 37.0 Å². The van der Waals surface area contributed by atoms with Crippen molar-refractivity contribution in [1.29, 1.82) is 0 Å². The normalized spacial score (nSPS) is 29.9. The van der Waals surface area contributed by atoms with Gasteiger partial charge < -0.3 is 10.0 Å². The summed E-state index contributed by atoms with van der Waals surface area (Å²) in [6.07, 6.45) is 7.00. The average Bonchev–Trinajstić information content (AvgIpc) is 3.59. The van der Waals surface area contributed by atoms with Gasteiger partial charge in [-0.05, 0) is 61.1 Å². The number of hydrogen-bond donors (Lipinski definition) is 2. The zero-order valence-electron chi connectivity index (χ0n) is 18.1. The highest BCUT2D eigenvalue weighted by molar-refractivity contribution is 6.01. The van der Waals surface area contributed by atoms with E-state index in [2.05, 4.69) is 28.2 Å². The van der Waals surface area contributed by atoms with Crippen LogP contribution in [0.3, 0.4) is 0 Å². The second-order valence-corrected chi connectivity index (χ2v) is 9.62. The van der Waals surface area contributed by atoms with Gasteiger partial charge >= 0.3 is 0 Å². The summed E-state index contributed by atoms with van der Waals surface area (Å²) in [5.41, 5.74) is 1.82. The van der Waals surface area contributed by atoms with E-state index in [-0.39, 0.29) is 23.7 Å². The Morgan fingerprint density at radius 3 is 2.81 bits per heavy atom. The number of benzene rings is 1. The molecule has 2 aromatic rings. The van der Waals surface area contributed by atoms with Gasteiger partial charge in [0.15, 0.2) is 0 Å². The number of nitrogens with zero attached hydrogens (tertiary/aromatic N) is 2. The molecule has 1 saturated carbocycles. The molecule has 3 atom stereocenters. The lowest BCUT2D eigenvalue weighted by molar-refractivity contribution is -0.134. The van der Waals surface area contributed by atoms with E-state index in [4.69, 9.17) is 0 Å². The van der Waals surface area contributed by atoms with Crippen LogP contribution in [-0.2, 0) is 15.2 Å². The maximum absolute atomic E-state index is 12.3. The molecule has 2 aliphatic heterocycles. The van der Waals surface area contributed by atoms with E-state index in [9.17, 15) is 14.7 Å². The van der Waals surface area contributed by atoms with Crippen LogP contribution in [0.25, 0.3) is 10.9 Å². The summed E-state index contributed by atoms with van der Waals surface area (Å²) in [7, 11) is 0. The third-order valence-corrected chi connectivity index (χ3v) is 7.57. The lowest BCUT2D eigenvalue weighted by atomic mass is 9.73. The predicted octanol–water partition coefficient (Wildman–Crippen LogP) is 3.08. The van der Waals surface area contributed by atoms with E-state index in [1.54, 1.807) is 6.20 Å². The van der Waals surface area contributed by atoms with Crippen molar-refractivity contribution in [1.82, 2.24) is 15.2 Å². The van der Waals surface area contributed by atoms with E-state index >= 15 is 0 Å². The molecular formula is C25H31N3O3. The Kier molecular flexibility index (Phi) is 5.30. The minimum atomic E-state index is -0.826. The summed E-state index contributed by atoms with van der Waals surface area (Å²) >= 11 is 0. The molecule has 1 aliphatic carbocycles. The molecule has 0 spiro atoms. The Morgan fingerprint density at radius 1 is 1.23 bits per heavy atom. The predicted molar refractivity (Wildman–Crippen MR) is 118 cm³/mol. The van der Waals surface area contributed by atoms with Crippen molar-refractivity contribution >= 4 is 22.7 Å². The second kappa shape index (κ2) is 7.99. The number of carbonyl (C=O) groups is 2. The van der Waals surface area contributed by atoms with Crippen LogP contribution in [0.15, 0.2) is 30.5 Å². The quantitative estimate of drug-likeness (QED) is 0.725. The molecule has 2 amide bonds. The molecule has 2 saturated heterocycles. The molecular weight excluding hydrogens is 390 g/mol. The zero-order valence-corrected chi connectivity index (χ0v) is 18.1. The summed E-state index contributed by atoms with van der Waals surface area (Å²) < 4.78 is 0. The number of hydrogen-bond acceptors (Lipinski definition) is 5. The minimum Gasteiger partial charge on any atom is -0.385 e.